The van der Waals surface area contributed by atoms with Gasteiger partial charge in [0.15, 0.2) is 5.69 Å². The Bertz CT molecular complexity index is 1470. The molecule has 36 heavy (non-hydrogen) atoms. The van der Waals surface area contributed by atoms with E-state index in [2.05, 4.69) is 50.3 Å². The number of hydrogen-bond acceptors (Lipinski definition) is 6. The van der Waals surface area contributed by atoms with E-state index in [9.17, 15) is 4.79 Å². The third-order valence-corrected chi connectivity index (χ3v) is 6.62. The van der Waals surface area contributed by atoms with Crippen LogP contribution in [0.2, 0.25) is 0 Å². The predicted molar refractivity (Wildman–Crippen MR) is 142 cm³/mol. The first-order valence-corrected chi connectivity index (χ1v) is 12.0. The number of nitrogens with one attached hydrogen (secondary N) is 1. The summed E-state index contributed by atoms with van der Waals surface area (Å²) < 4.78 is 5.25. The van der Waals surface area contributed by atoms with Gasteiger partial charge in [0, 0.05) is 43.7 Å². The largest absolute Gasteiger partial charge is 0.467 e. The number of hydrogen-bond donors (Lipinski definition) is 1. The molecule has 8 nitrogen and oxygen atoms in total. The number of rotatable bonds is 6. The van der Waals surface area contributed by atoms with E-state index in [1.165, 1.54) is 12.7 Å². The zero-order chi connectivity index (χ0) is 25.1. The number of nitrogens with zero attached hydrogens (tertiary/aromatic N) is 5. The van der Waals surface area contributed by atoms with E-state index in [1.54, 1.807) is 12.1 Å². The van der Waals surface area contributed by atoms with Crippen LogP contribution < -0.4 is 10.1 Å². The van der Waals surface area contributed by atoms with Crippen molar-refractivity contribution in [3.8, 4) is 6.01 Å². The lowest BCUT2D eigenvalue weighted by atomic mass is 10.0. The molecule has 182 valence electrons. The molecule has 1 aromatic heterocycles. The number of piperazine rings is 1. The summed E-state index contributed by atoms with van der Waals surface area (Å²) in [6.45, 7) is 11.3. The highest BCUT2D eigenvalue weighted by atomic mass is 16.5. The van der Waals surface area contributed by atoms with E-state index in [1.807, 2.05) is 29.2 Å². The molecule has 0 unspecified atom stereocenters. The molecular formula is C28H28N6O2. The summed E-state index contributed by atoms with van der Waals surface area (Å²) in [7, 11) is 3.63. The summed E-state index contributed by atoms with van der Waals surface area (Å²) in [5, 5.41) is 6.35. The number of methoxy groups -OCH3 is 1. The van der Waals surface area contributed by atoms with Crippen molar-refractivity contribution in [1.82, 2.24) is 19.8 Å². The first-order valence-electron chi connectivity index (χ1n) is 12.0. The van der Waals surface area contributed by atoms with Crippen LogP contribution in [-0.4, -0.2) is 72.6 Å². The maximum atomic E-state index is 12.9. The molecule has 8 heteroatoms. The number of benzene rings is 3. The van der Waals surface area contributed by atoms with Gasteiger partial charge < -0.3 is 19.9 Å². The molecule has 5 rings (SSSR count). The van der Waals surface area contributed by atoms with Gasteiger partial charge in [0.25, 0.3) is 5.91 Å². The lowest BCUT2D eigenvalue weighted by Gasteiger charge is -2.32. The highest BCUT2D eigenvalue weighted by Crippen LogP contribution is 2.27. The topological polar surface area (TPSA) is 74.9 Å². The van der Waals surface area contributed by atoms with E-state index >= 15 is 0 Å². The Labute approximate surface area is 210 Å². The SMILES string of the molecule is [C-]#[N+]c1ccc2nc(OC)nc(NCCc3ccc4cc(C(=O)N5CCN(C)CC5)ccc4c3)c2c1. The van der Waals surface area contributed by atoms with Crippen molar-refractivity contribution in [1.29, 1.82) is 0 Å². The molecule has 1 fully saturated rings. The first-order chi connectivity index (χ1) is 17.5. The average Bonchev–Trinajstić information content (AvgIpc) is 2.92. The minimum atomic E-state index is 0.104. The number of fused-ring (bicyclic) bond motifs is 2. The van der Waals surface area contributed by atoms with E-state index in [4.69, 9.17) is 11.3 Å². The zero-order valence-electron chi connectivity index (χ0n) is 20.5. The number of carbonyl (C=O) groups excluding carboxylic acids is 1. The number of ether oxygens (including phenoxy) is 1. The van der Waals surface area contributed by atoms with Crippen molar-refractivity contribution in [3.63, 3.8) is 0 Å². The summed E-state index contributed by atoms with van der Waals surface area (Å²) in [4.78, 5) is 29.5. The molecular weight excluding hydrogens is 452 g/mol. The van der Waals surface area contributed by atoms with Gasteiger partial charge in [-0.1, -0.05) is 30.3 Å². The molecule has 1 amide bonds. The van der Waals surface area contributed by atoms with Gasteiger partial charge in [-0.3, -0.25) is 4.79 Å². The normalized spacial score (nSPS) is 14.1. The minimum absolute atomic E-state index is 0.104. The Balaban J connectivity index is 1.29. The zero-order valence-corrected chi connectivity index (χ0v) is 20.5. The van der Waals surface area contributed by atoms with Crippen molar-refractivity contribution < 1.29 is 9.53 Å². The standard InChI is InChI=1S/C28H28N6O2/c1-29-23-8-9-25-24(18-23)26(32-28(31-25)36-3)30-11-10-19-4-5-21-17-22(7-6-20(21)16-19)27(35)34-14-12-33(2)13-15-34/h4-9,16-18H,10-15H2,2-3H3,(H,30,31,32). The minimum Gasteiger partial charge on any atom is -0.467 e. The Kier molecular flexibility index (Phi) is 6.65. The fourth-order valence-corrected chi connectivity index (χ4v) is 4.49. The molecule has 1 aliphatic rings. The van der Waals surface area contributed by atoms with Crippen LogP contribution in [0.25, 0.3) is 26.5 Å². The molecule has 0 saturated carbocycles. The van der Waals surface area contributed by atoms with Gasteiger partial charge >= 0.3 is 6.01 Å². The molecule has 1 aliphatic heterocycles. The molecule has 0 aliphatic carbocycles. The second-order valence-electron chi connectivity index (χ2n) is 9.04. The van der Waals surface area contributed by atoms with Crippen LogP contribution in [0.5, 0.6) is 6.01 Å². The van der Waals surface area contributed by atoms with Crippen molar-refractivity contribution in [2.75, 3.05) is 52.2 Å². The lowest BCUT2D eigenvalue weighted by molar-refractivity contribution is 0.0664. The van der Waals surface area contributed by atoms with Gasteiger partial charge in [-0.2, -0.15) is 9.97 Å². The van der Waals surface area contributed by atoms with Crippen LogP contribution in [0, 0.1) is 6.57 Å². The number of anilines is 1. The predicted octanol–water partition coefficient (Wildman–Crippen LogP) is 4.38. The molecule has 2 heterocycles. The van der Waals surface area contributed by atoms with Gasteiger partial charge in [-0.25, -0.2) is 4.85 Å². The van der Waals surface area contributed by atoms with Gasteiger partial charge in [0.05, 0.1) is 19.2 Å². The molecule has 1 N–H and O–H groups in total. The van der Waals surface area contributed by atoms with Crippen LogP contribution in [0.3, 0.4) is 0 Å². The van der Waals surface area contributed by atoms with Gasteiger partial charge in [-0.15, -0.1) is 0 Å². The van der Waals surface area contributed by atoms with Crippen molar-refractivity contribution in [2.24, 2.45) is 0 Å². The highest BCUT2D eigenvalue weighted by molar-refractivity contribution is 5.98. The van der Waals surface area contributed by atoms with Crippen molar-refractivity contribution in [2.45, 2.75) is 6.42 Å². The highest BCUT2D eigenvalue weighted by Gasteiger charge is 2.20. The van der Waals surface area contributed by atoms with E-state index in [0.29, 0.717) is 18.1 Å². The van der Waals surface area contributed by atoms with Crippen molar-refractivity contribution >= 4 is 39.1 Å². The molecule has 0 bridgehead atoms. The van der Waals surface area contributed by atoms with Gasteiger partial charge in [0.2, 0.25) is 0 Å². The fraction of sp³-hybridized carbons (Fsp3) is 0.286. The number of carbonyl (C=O) groups is 1. The van der Waals surface area contributed by atoms with E-state index < -0.39 is 0 Å². The Morgan fingerprint density at radius 1 is 1.03 bits per heavy atom. The molecule has 0 atom stereocenters. The van der Waals surface area contributed by atoms with E-state index in [0.717, 1.165) is 59.8 Å². The Hall–Kier alpha value is -4.22. The maximum Gasteiger partial charge on any atom is 0.318 e. The molecule has 3 aromatic carbocycles. The third-order valence-electron chi connectivity index (χ3n) is 6.62. The summed E-state index contributed by atoms with van der Waals surface area (Å²) in [6.07, 6.45) is 0.786. The van der Waals surface area contributed by atoms with Crippen LogP contribution in [0.1, 0.15) is 15.9 Å². The molecule has 0 spiro atoms. The number of aromatic nitrogens is 2. The summed E-state index contributed by atoms with van der Waals surface area (Å²) in [5.74, 6) is 0.752. The average molecular weight is 481 g/mol. The smallest absolute Gasteiger partial charge is 0.318 e. The van der Waals surface area contributed by atoms with Crippen LogP contribution in [0.15, 0.2) is 54.6 Å². The lowest BCUT2D eigenvalue weighted by Crippen LogP contribution is -2.47. The molecule has 1 saturated heterocycles. The number of amides is 1. The molecule has 4 aromatic rings. The van der Waals surface area contributed by atoms with Gasteiger partial charge in [0.1, 0.15) is 5.82 Å². The summed E-state index contributed by atoms with van der Waals surface area (Å²) in [6, 6.07) is 17.9. The Morgan fingerprint density at radius 3 is 2.58 bits per heavy atom. The quantitative estimate of drug-likeness (QED) is 0.413. The van der Waals surface area contributed by atoms with E-state index in [-0.39, 0.29) is 11.9 Å². The maximum absolute atomic E-state index is 12.9. The van der Waals surface area contributed by atoms with Crippen LogP contribution in [0.4, 0.5) is 11.5 Å². The van der Waals surface area contributed by atoms with Gasteiger partial charge in [-0.05, 0) is 54.1 Å². The molecule has 0 radical (unpaired) electrons. The first kappa shape index (κ1) is 23.5. The van der Waals surface area contributed by atoms with Crippen molar-refractivity contribution in [3.05, 3.63) is 77.1 Å². The van der Waals surface area contributed by atoms with Crippen LogP contribution >= 0.6 is 0 Å². The summed E-state index contributed by atoms with van der Waals surface area (Å²) in [5.41, 5.74) is 3.19. The summed E-state index contributed by atoms with van der Waals surface area (Å²) >= 11 is 0. The van der Waals surface area contributed by atoms with Crippen LogP contribution in [-0.2, 0) is 6.42 Å². The third kappa shape index (κ3) is 4.92. The second kappa shape index (κ2) is 10.2. The number of likely N-dealkylation sites (N-methyl/N-ethyl adjacent to an activating group) is 1. The monoisotopic (exact) mass is 480 g/mol. The second-order valence-corrected chi connectivity index (χ2v) is 9.04. The fourth-order valence-electron chi connectivity index (χ4n) is 4.49. The Morgan fingerprint density at radius 2 is 1.81 bits per heavy atom.